The third-order valence-electron chi connectivity index (χ3n) is 3.23. The molecule has 1 aromatic rings. The standard InChI is InChI=1S/C18H28O4/c1-17(2,3)11-18(4,5)12-22-16(19)15-13(20-6)9-8-10-14(15)21-7/h8-10H,11-12H2,1-7H3. The van der Waals surface area contributed by atoms with Crippen LogP contribution in [-0.2, 0) is 4.74 Å². The van der Waals surface area contributed by atoms with Crippen molar-refractivity contribution >= 4 is 5.97 Å². The van der Waals surface area contributed by atoms with Gasteiger partial charge >= 0.3 is 5.97 Å². The van der Waals surface area contributed by atoms with Crippen molar-refractivity contribution in [1.82, 2.24) is 0 Å². The lowest BCUT2D eigenvalue weighted by Crippen LogP contribution is -2.27. The second kappa shape index (κ2) is 7.03. The molecule has 0 radical (unpaired) electrons. The van der Waals surface area contributed by atoms with Crippen LogP contribution in [0.5, 0.6) is 11.5 Å². The van der Waals surface area contributed by atoms with Crippen LogP contribution in [0.15, 0.2) is 18.2 Å². The number of esters is 1. The molecule has 22 heavy (non-hydrogen) atoms. The van der Waals surface area contributed by atoms with E-state index in [0.717, 1.165) is 6.42 Å². The van der Waals surface area contributed by atoms with Crippen molar-refractivity contribution in [3.8, 4) is 11.5 Å². The van der Waals surface area contributed by atoms with E-state index in [1.807, 2.05) is 0 Å². The van der Waals surface area contributed by atoms with Crippen molar-refractivity contribution in [3.05, 3.63) is 23.8 Å². The molecule has 4 heteroatoms. The second-order valence-electron chi connectivity index (χ2n) is 7.52. The smallest absolute Gasteiger partial charge is 0.345 e. The topological polar surface area (TPSA) is 44.8 Å². The van der Waals surface area contributed by atoms with Gasteiger partial charge < -0.3 is 14.2 Å². The van der Waals surface area contributed by atoms with Crippen molar-refractivity contribution in [1.29, 1.82) is 0 Å². The maximum absolute atomic E-state index is 12.4. The predicted octanol–water partition coefficient (Wildman–Crippen LogP) is 4.32. The zero-order valence-electron chi connectivity index (χ0n) is 14.8. The van der Waals surface area contributed by atoms with Crippen LogP contribution in [0, 0.1) is 10.8 Å². The van der Waals surface area contributed by atoms with E-state index < -0.39 is 5.97 Å². The lowest BCUT2D eigenvalue weighted by atomic mass is 9.77. The summed E-state index contributed by atoms with van der Waals surface area (Å²) < 4.78 is 16.0. The highest BCUT2D eigenvalue weighted by Gasteiger charge is 2.28. The van der Waals surface area contributed by atoms with E-state index in [0.29, 0.717) is 23.7 Å². The van der Waals surface area contributed by atoms with Gasteiger partial charge in [-0.1, -0.05) is 40.7 Å². The monoisotopic (exact) mass is 308 g/mol. The van der Waals surface area contributed by atoms with Crippen molar-refractivity contribution < 1.29 is 19.0 Å². The highest BCUT2D eigenvalue weighted by atomic mass is 16.5. The second-order valence-corrected chi connectivity index (χ2v) is 7.52. The van der Waals surface area contributed by atoms with Gasteiger partial charge in [0.2, 0.25) is 0 Å². The number of rotatable bonds is 6. The first-order valence-electron chi connectivity index (χ1n) is 7.48. The first-order chi connectivity index (χ1) is 10.1. The van der Waals surface area contributed by atoms with E-state index in [1.165, 1.54) is 14.2 Å². The maximum atomic E-state index is 12.4. The third-order valence-corrected chi connectivity index (χ3v) is 3.23. The van der Waals surface area contributed by atoms with Gasteiger partial charge in [-0.15, -0.1) is 0 Å². The minimum absolute atomic E-state index is 0.0941. The summed E-state index contributed by atoms with van der Waals surface area (Å²) >= 11 is 0. The van der Waals surface area contributed by atoms with E-state index >= 15 is 0 Å². The van der Waals surface area contributed by atoms with Gasteiger partial charge in [0.1, 0.15) is 17.1 Å². The van der Waals surface area contributed by atoms with Gasteiger partial charge in [0, 0.05) is 0 Å². The van der Waals surface area contributed by atoms with Crippen LogP contribution >= 0.6 is 0 Å². The lowest BCUT2D eigenvalue weighted by molar-refractivity contribution is 0.0258. The Bertz CT molecular complexity index is 490. The molecule has 0 aliphatic carbocycles. The molecule has 0 unspecified atom stereocenters. The average Bonchev–Trinajstić information content (AvgIpc) is 2.41. The molecule has 0 aromatic heterocycles. The maximum Gasteiger partial charge on any atom is 0.345 e. The van der Waals surface area contributed by atoms with Crippen molar-refractivity contribution in [3.63, 3.8) is 0 Å². The average molecular weight is 308 g/mol. The first kappa shape index (κ1) is 18.3. The molecule has 124 valence electrons. The number of carbonyl (C=O) groups is 1. The quantitative estimate of drug-likeness (QED) is 0.734. The Balaban J connectivity index is 2.86. The molecule has 1 aromatic carbocycles. The van der Waals surface area contributed by atoms with Gasteiger partial charge in [-0.05, 0) is 29.4 Å². The van der Waals surface area contributed by atoms with Gasteiger partial charge in [-0.25, -0.2) is 4.79 Å². The SMILES string of the molecule is COc1cccc(OC)c1C(=O)OCC(C)(C)CC(C)(C)C. The predicted molar refractivity (Wildman–Crippen MR) is 87.7 cm³/mol. The molecule has 0 spiro atoms. The van der Waals surface area contributed by atoms with Gasteiger partial charge in [-0.2, -0.15) is 0 Å². The first-order valence-corrected chi connectivity index (χ1v) is 7.48. The molecule has 0 heterocycles. The van der Waals surface area contributed by atoms with Crippen LogP contribution in [0.3, 0.4) is 0 Å². The fourth-order valence-corrected chi connectivity index (χ4v) is 2.87. The van der Waals surface area contributed by atoms with Gasteiger partial charge in [-0.3, -0.25) is 0 Å². The normalized spacial score (nSPS) is 12.0. The van der Waals surface area contributed by atoms with Gasteiger partial charge in [0.05, 0.1) is 20.8 Å². The molecule has 0 fully saturated rings. The summed E-state index contributed by atoms with van der Waals surface area (Å²) in [6.45, 7) is 11.1. The molecule has 0 N–H and O–H groups in total. The molecule has 4 nitrogen and oxygen atoms in total. The minimum atomic E-state index is -0.420. The van der Waals surface area contributed by atoms with E-state index in [1.54, 1.807) is 18.2 Å². The molecule has 0 saturated carbocycles. The zero-order chi connectivity index (χ0) is 17.0. The summed E-state index contributed by atoms with van der Waals surface area (Å²) in [5.41, 5.74) is 0.417. The van der Waals surface area contributed by atoms with Crippen molar-refractivity contribution in [2.24, 2.45) is 10.8 Å². The minimum Gasteiger partial charge on any atom is -0.496 e. The van der Waals surface area contributed by atoms with E-state index in [-0.39, 0.29) is 10.8 Å². The van der Waals surface area contributed by atoms with E-state index in [9.17, 15) is 4.79 Å². The Morgan fingerprint density at radius 1 is 1.00 bits per heavy atom. The highest BCUT2D eigenvalue weighted by molar-refractivity contribution is 5.95. The largest absolute Gasteiger partial charge is 0.496 e. The molecular weight excluding hydrogens is 280 g/mol. The zero-order valence-corrected chi connectivity index (χ0v) is 14.8. The molecule has 1 rings (SSSR count). The highest BCUT2D eigenvalue weighted by Crippen LogP contribution is 2.34. The number of carbonyl (C=O) groups excluding carboxylic acids is 1. The molecule has 0 bridgehead atoms. The number of ether oxygens (including phenoxy) is 3. The summed E-state index contributed by atoms with van der Waals surface area (Å²) in [5.74, 6) is 0.493. The van der Waals surface area contributed by atoms with Crippen LogP contribution in [-0.4, -0.2) is 26.8 Å². The van der Waals surface area contributed by atoms with Gasteiger partial charge in [0.15, 0.2) is 0 Å². The molecular formula is C18H28O4. The van der Waals surface area contributed by atoms with E-state index in [4.69, 9.17) is 14.2 Å². The summed E-state index contributed by atoms with van der Waals surface area (Å²) in [5, 5.41) is 0. The molecule has 0 saturated heterocycles. The molecule has 0 amide bonds. The van der Waals surface area contributed by atoms with Crippen LogP contribution in [0.25, 0.3) is 0 Å². The van der Waals surface area contributed by atoms with Crippen LogP contribution in [0.2, 0.25) is 0 Å². The Kier molecular flexibility index (Phi) is 5.86. The van der Waals surface area contributed by atoms with Crippen LogP contribution in [0.4, 0.5) is 0 Å². The number of hydrogen-bond acceptors (Lipinski definition) is 4. The summed E-state index contributed by atoms with van der Waals surface area (Å²) in [7, 11) is 3.05. The van der Waals surface area contributed by atoms with Crippen molar-refractivity contribution in [2.75, 3.05) is 20.8 Å². The number of benzene rings is 1. The number of hydrogen-bond donors (Lipinski definition) is 0. The molecule has 0 atom stereocenters. The Hall–Kier alpha value is -1.71. The van der Waals surface area contributed by atoms with Crippen LogP contribution < -0.4 is 9.47 Å². The lowest BCUT2D eigenvalue weighted by Gasteiger charge is -2.31. The third kappa shape index (κ3) is 5.24. The summed E-state index contributed by atoms with van der Waals surface area (Å²) in [4.78, 5) is 12.4. The fraction of sp³-hybridized carbons (Fsp3) is 0.611. The molecule has 0 aliphatic rings. The van der Waals surface area contributed by atoms with Crippen LogP contribution in [0.1, 0.15) is 51.4 Å². The van der Waals surface area contributed by atoms with Gasteiger partial charge in [0.25, 0.3) is 0 Å². The molecule has 0 aliphatic heterocycles. The summed E-state index contributed by atoms with van der Waals surface area (Å²) in [6.07, 6.45) is 0.955. The van der Waals surface area contributed by atoms with E-state index in [2.05, 4.69) is 34.6 Å². The Morgan fingerprint density at radius 3 is 1.91 bits per heavy atom. The Morgan fingerprint density at radius 2 is 1.50 bits per heavy atom. The number of methoxy groups -OCH3 is 2. The Labute approximate surface area is 133 Å². The fourth-order valence-electron chi connectivity index (χ4n) is 2.87. The summed E-state index contributed by atoms with van der Waals surface area (Å²) in [6, 6.07) is 5.22. The van der Waals surface area contributed by atoms with Crippen molar-refractivity contribution in [2.45, 2.75) is 41.0 Å².